The highest BCUT2D eigenvalue weighted by atomic mass is 16.5. The number of ether oxygens (including phenoxy) is 1. The van der Waals surface area contributed by atoms with Gasteiger partial charge in [-0.05, 0) is 42.4 Å². The van der Waals surface area contributed by atoms with Crippen LogP contribution in [0.3, 0.4) is 0 Å². The number of rotatable bonds is 6. The molecule has 0 amide bonds. The first-order chi connectivity index (χ1) is 8.88. The molecule has 1 N–H and O–H groups in total. The van der Waals surface area contributed by atoms with E-state index in [1.165, 1.54) is 11.1 Å². The zero-order valence-electron chi connectivity index (χ0n) is 10.6. The van der Waals surface area contributed by atoms with E-state index in [-0.39, 0.29) is 0 Å². The third-order valence-corrected chi connectivity index (χ3v) is 2.69. The summed E-state index contributed by atoms with van der Waals surface area (Å²) in [6.45, 7) is 1.55. The Morgan fingerprint density at radius 2 is 1.94 bits per heavy atom. The number of nitrogens with zero attached hydrogens (tertiary/aromatic N) is 1. The fourth-order valence-electron chi connectivity index (χ4n) is 1.79. The third-order valence-electron chi connectivity index (χ3n) is 2.69. The molecule has 18 heavy (non-hydrogen) atoms. The van der Waals surface area contributed by atoms with E-state index in [9.17, 15) is 0 Å². The van der Waals surface area contributed by atoms with E-state index in [0.717, 1.165) is 18.7 Å². The highest BCUT2D eigenvalue weighted by molar-refractivity contribution is 5.28. The SMILES string of the molecule is CNCc1cccc(OCCc2ccncc2)c1. The van der Waals surface area contributed by atoms with Crippen LogP contribution in [0.25, 0.3) is 0 Å². The number of pyridine rings is 1. The molecular weight excluding hydrogens is 224 g/mol. The zero-order valence-corrected chi connectivity index (χ0v) is 10.6. The van der Waals surface area contributed by atoms with Gasteiger partial charge in [-0.15, -0.1) is 0 Å². The first-order valence-electron chi connectivity index (χ1n) is 6.14. The van der Waals surface area contributed by atoms with Crippen molar-refractivity contribution in [1.82, 2.24) is 10.3 Å². The molecule has 0 aliphatic rings. The van der Waals surface area contributed by atoms with Gasteiger partial charge in [-0.25, -0.2) is 0 Å². The summed E-state index contributed by atoms with van der Waals surface area (Å²) in [6.07, 6.45) is 4.52. The van der Waals surface area contributed by atoms with E-state index >= 15 is 0 Å². The zero-order chi connectivity index (χ0) is 12.6. The molecule has 0 aliphatic heterocycles. The van der Waals surface area contributed by atoms with Crippen LogP contribution in [-0.2, 0) is 13.0 Å². The molecule has 94 valence electrons. The van der Waals surface area contributed by atoms with Crippen LogP contribution < -0.4 is 10.1 Å². The highest BCUT2D eigenvalue weighted by Crippen LogP contribution is 2.13. The molecule has 0 bridgehead atoms. The molecule has 0 saturated heterocycles. The molecule has 1 aromatic heterocycles. The van der Waals surface area contributed by atoms with E-state index in [1.807, 2.05) is 43.7 Å². The summed E-state index contributed by atoms with van der Waals surface area (Å²) < 4.78 is 5.75. The molecule has 1 heterocycles. The molecule has 2 rings (SSSR count). The lowest BCUT2D eigenvalue weighted by atomic mass is 10.2. The summed E-state index contributed by atoms with van der Waals surface area (Å²) in [4.78, 5) is 4.00. The minimum Gasteiger partial charge on any atom is -0.493 e. The normalized spacial score (nSPS) is 10.3. The summed E-state index contributed by atoms with van der Waals surface area (Å²) in [5, 5.41) is 3.13. The van der Waals surface area contributed by atoms with Crippen molar-refractivity contribution in [1.29, 1.82) is 0 Å². The van der Waals surface area contributed by atoms with Crippen molar-refractivity contribution in [2.75, 3.05) is 13.7 Å². The van der Waals surface area contributed by atoms with Crippen LogP contribution in [0.1, 0.15) is 11.1 Å². The van der Waals surface area contributed by atoms with E-state index in [4.69, 9.17) is 4.74 Å². The van der Waals surface area contributed by atoms with Gasteiger partial charge in [0, 0.05) is 25.4 Å². The minimum absolute atomic E-state index is 0.688. The van der Waals surface area contributed by atoms with Crippen molar-refractivity contribution >= 4 is 0 Å². The fraction of sp³-hybridized carbons (Fsp3) is 0.267. The second-order valence-electron chi connectivity index (χ2n) is 4.13. The van der Waals surface area contributed by atoms with Crippen LogP contribution in [0, 0.1) is 0 Å². The molecule has 3 heteroatoms. The molecule has 1 aromatic carbocycles. The van der Waals surface area contributed by atoms with E-state index in [2.05, 4.69) is 22.4 Å². The molecule has 0 fully saturated rings. The van der Waals surface area contributed by atoms with Gasteiger partial charge in [0.05, 0.1) is 6.61 Å². The monoisotopic (exact) mass is 242 g/mol. The molecule has 2 aromatic rings. The van der Waals surface area contributed by atoms with Gasteiger partial charge in [0.15, 0.2) is 0 Å². The lowest BCUT2D eigenvalue weighted by molar-refractivity contribution is 0.321. The van der Waals surface area contributed by atoms with Gasteiger partial charge in [0.2, 0.25) is 0 Å². The summed E-state index contributed by atoms with van der Waals surface area (Å²) >= 11 is 0. The van der Waals surface area contributed by atoms with E-state index in [1.54, 1.807) is 0 Å². The third kappa shape index (κ3) is 3.86. The van der Waals surface area contributed by atoms with Crippen LogP contribution in [0.4, 0.5) is 0 Å². The maximum atomic E-state index is 5.75. The van der Waals surface area contributed by atoms with Gasteiger partial charge in [-0.1, -0.05) is 12.1 Å². The van der Waals surface area contributed by atoms with E-state index < -0.39 is 0 Å². The molecule has 0 spiro atoms. The van der Waals surface area contributed by atoms with Gasteiger partial charge in [-0.2, -0.15) is 0 Å². The molecular formula is C15H18N2O. The van der Waals surface area contributed by atoms with E-state index in [0.29, 0.717) is 6.61 Å². The van der Waals surface area contributed by atoms with Gasteiger partial charge >= 0.3 is 0 Å². The smallest absolute Gasteiger partial charge is 0.119 e. The first kappa shape index (κ1) is 12.6. The summed E-state index contributed by atoms with van der Waals surface area (Å²) in [5.74, 6) is 0.928. The highest BCUT2D eigenvalue weighted by Gasteiger charge is 1.97. The van der Waals surface area contributed by atoms with Crippen molar-refractivity contribution < 1.29 is 4.74 Å². The van der Waals surface area contributed by atoms with Crippen LogP contribution in [0.2, 0.25) is 0 Å². The maximum absolute atomic E-state index is 5.75. The van der Waals surface area contributed by atoms with Gasteiger partial charge < -0.3 is 10.1 Å². The summed E-state index contributed by atoms with van der Waals surface area (Å²) in [6, 6.07) is 12.2. The van der Waals surface area contributed by atoms with Crippen molar-refractivity contribution in [2.45, 2.75) is 13.0 Å². The topological polar surface area (TPSA) is 34.1 Å². The largest absolute Gasteiger partial charge is 0.493 e. The molecule has 3 nitrogen and oxygen atoms in total. The van der Waals surface area contributed by atoms with Crippen molar-refractivity contribution in [2.24, 2.45) is 0 Å². The Balaban J connectivity index is 1.84. The van der Waals surface area contributed by atoms with Gasteiger partial charge in [0.1, 0.15) is 5.75 Å². The summed E-state index contributed by atoms with van der Waals surface area (Å²) in [5.41, 5.74) is 2.48. The Labute approximate surface area is 108 Å². The fourth-order valence-corrected chi connectivity index (χ4v) is 1.79. The average molecular weight is 242 g/mol. The maximum Gasteiger partial charge on any atom is 0.119 e. The Hall–Kier alpha value is -1.87. The van der Waals surface area contributed by atoms with Crippen molar-refractivity contribution in [3.63, 3.8) is 0 Å². The quantitative estimate of drug-likeness (QED) is 0.844. The molecule has 0 atom stereocenters. The van der Waals surface area contributed by atoms with Crippen LogP contribution >= 0.6 is 0 Å². The number of nitrogens with one attached hydrogen (secondary N) is 1. The molecule has 0 unspecified atom stereocenters. The number of aromatic nitrogens is 1. The number of hydrogen-bond donors (Lipinski definition) is 1. The lowest BCUT2D eigenvalue weighted by Crippen LogP contribution is -2.06. The Morgan fingerprint density at radius 3 is 2.72 bits per heavy atom. The van der Waals surface area contributed by atoms with Crippen molar-refractivity contribution in [3.05, 3.63) is 59.9 Å². The summed E-state index contributed by atoms with van der Waals surface area (Å²) in [7, 11) is 1.94. The molecule has 0 radical (unpaired) electrons. The predicted octanol–water partition coefficient (Wildman–Crippen LogP) is 2.42. The Bertz CT molecular complexity index is 471. The number of benzene rings is 1. The standard InChI is InChI=1S/C15H18N2O/c1-16-12-14-3-2-4-15(11-14)18-10-7-13-5-8-17-9-6-13/h2-6,8-9,11,16H,7,10,12H2,1H3. The van der Waals surface area contributed by atoms with Gasteiger partial charge in [0.25, 0.3) is 0 Å². The van der Waals surface area contributed by atoms with Gasteiger partial charge in [-0.3, -0.25) is 4.98 Å². The molecule has 0 saturated carbocycles. The Morgan fingerprint density at radius 1 is 1.11 bits per heavy atom. The Kier molecular flexibility index (Phi) is 4.73. The van der Waals surface area contributed by atoms with Crippen LogP contribution in [0.15, 0.2) is 48.8 Å². The first-order valence-corrected chi connectivity index (χ1v) is 6.14. The lowest BCUT2D eigenvalue weighted by Gasteiger charge is -2.08. The molecule has 0 aliphatic carbocycles. The predicted molar refractivity (Wildman–Crippen MR) is 72.6 cm³/mol. The second-order valence-corrected chi connectivity index (χ2v) is 4.13. The average Bonchev–Trinajstić information content (AvgIpc) is 2.41. The number of hydrogen-bond acceptors (Lipinski definition) is 3. The van der Waals surface area contributed by atoms with Crippen LogP contribution in [-0.4, -0.2) is 18.6 Å². The van der Waals surface area contributed by atoms with Crippen LogP contribution in [0.5, 0.6) is 5.75 Å². The second kappa shape index (κ2) is 6.77. The minimum atomic E-state index is 0.688. The van der Waals surface area contributed by atoms with Crippen molar-refractivity contribution in [3.8, 4) is 5.75 Å².